The lowest BCUT2D eigenvalue weighted by Crippen LogP contribution is -2.56. The summed E-state index contributed by atoms with van der Waals surface area (Å²) in [6.07, 6.45) is 2.71. The van der Waals surface area contributed by atoms with Crippen LogP contribution in [0.3, 0.4) is 0 Å². The molecule has 1 aliphatic rings. The molecule has 1 saturated heterocycles. The van der Waals surface area contributed by atoms with Gasteiger partial charge in [0.25, 0.3) is 0 Å². The van der Waals surface area contributed by atoms with Crippen LogP contribution in [0.15, 0.2) is 22.9 Å². The molecule has 27 heavy (non-hydrogen) atoms. The Morgan fingerprint density at radius 3 is 3.04 bits per heavy atom. The summed E-state index contributed by atoms with van der Waals surface area (Å²) >= 11 is 0. The highest BCUT2D eigenvalue weighted by Crippen LogP contribution is 2.16. The molecule has 2 aromatic heterocycles. The van der Waals surface area contributed by atoms with Crippen molar-refractivity contribution in [1.29, 1.82) is 0 Å². The third-order valence-corrected chi connectivity index (χ3v) is 4.58. The Morgan fingerprint density at radius 2 is 2.30 bits per heavy atom. The van der Waals surface area contributed by atoms with Gasteiger partial charge in [-0.15, -0.1) is 10.2 Å². The Labute approximate surface area is 158 Å². The first-order chi connectivity index (χ1) is 13.1. The van der Waals surface area contributed by atoms with Crippen LogP contribution in [0.25, 0.3) is 0 Å². The average Bonchev–Trinajstić information content (AvgIpc) is 3.25. The minimum absolute atomic E-state index is 0.0907. The van der Waals surface area contributed by atoms with E-state index in [-0.39, 0.29) is 18.2 Å². The molecule has 1 atom stereocenters. The van der Waals surface area contributed by atoms with Gasteiger partial charge in [0.05, 0.1) is 25.6 Å². The second-order valence-corrected chi connectivity index (χ2v) is 6.71. The molecule has 0 radical (unpaired) electrons. The minimum atomic E-state index is -0.516. The SMILES string of the molecule is CCCn1cnnc1CNC(=O)CC1C(=O)NCCN1Cc1ccc(C)o1. The fourth-order valence-corrected chi connectivity index (χ4v) is 3.21. The van der Waals surface area contributed by atoms with E-state index in [2.05, 4.69) is 27.8 Å². The van der Waals surface area contributed by atoms with Gasteiger partial charge in [-0.25, -0.2) is 0 Å². The molecule has 1 unspecified atom stereocenters. The maximum absolute atomic E-state index is 12.4. The molecule has 2 amide bonds. The molecule has 9 nitrogen and oxygen atoms in total. The smallest absolute Gasteiger partial charge is 0.237 e. The number of nitrogens with zero attached hydrogens (tertiary/aromatic N) is 4. The highest BCUT2D eigenvalue weighted by atomic mass is 16.3. The van der Waals surface area contributed by atoms with Crippen molar-refractivity contribution in [1.82, 2.24) is 30.3 Å². The number of rotatable bonds is 8. The molecule has 2 aromatic rings. The molecule has 0 aromatic carbocycles. The zero-order chi connectivity index (χ0) is 19.2. The third kappa shape index (κ3) is 4.94. The lowest BCUT2D eigenvalue weighted by molar-refractivity contribution is -0.134. The largest absolute Gasteiger partial charge is 0.465 e. The topological polar surface area (TPSA) is 105 Å². The maximum atomic E-state index is 12.4. The van der Waals surface area contributed by atoms with Crippen LogP contribution in [-0.2, 0) is 29.2 Å². The van der Waals surface area contributed by atoms with Crippen LogP contribution in [-0.4, -0.2) is 50.6 Å². The van der Waals surface area contributed by atoms with E-state index in [1.807, 2.05) is 28.5 Å². The second-order valence-electron chi connectivity index (χ2n) is 6.71. The quantitative estimate of drug-likeness (QED) is 0.701. The van der Waals surface area contributed by atoms with Crippen LogP contribution in [0.1, 0.15) is 37.1 Å². The molecular weight excluding hydrogens is 348 g/mol. The van der Waals surface area contributed by atoms with E-state index >= 15 is 0 Å². The first-order valence-corrected chi connectivity index (χ1v) is 9.27. The van der Waals surface area contributed by atoms with Gasteiger partial charge in [-0.1, -0.05) is 6.92 Å². The highest BCUT2D eigenvalue weighted by Gasteiger charge is 2.32. The third-order valence-electron chi connectivity index (χ3n) is 4.58. The van der Waals surface area contributed by atoms with E-state index < -0.39 is 6.04 Å². The fraction of sp³-hybridized carbons (Fsp3) is 0.556. The van der Waals surface area contributed by atoms with E-state index in [0.717, 1.165) is 24.5 Å². The Kier molecular flexibility index (Phi) is 6.23. The lowest BCUT2D eigenvalue weighted by atomic mass is 10.1. The summed E-state index contributed by atoms with van der Waals surface area (Å²) in [6, 6.07) is 3.28. The number of piperazine rings is 1. The van der Waals surface area contributed by atoms with Gasteiger partial charge in [0.2, 0.25) is 11.8 Å². The molecule has 0 aliphatic carbocycles. The number of aryl methyl sites for hydroxylation is 2. The fourth-order valence-electron chi connectivity index (χ4n) is 3.21. The summed E-state index contributed by atoms with van der Waals surface area (Å²) in [5, 5.41) is 13.6. The van der Waals surface area contributed by atoms with Crippen LogP contribution in [0.2, 0.25) is 0 Å². The van der Waals surface area contributed by atoms with Gasteiger partial charge in [0, 0.05) is 19.6 Å². The van der Waals surface area contributed by atoms with E-state index in [1.165, 1.54) is 0 Å². The Balaban J connectivity index is 1.57. The van der Waals surface area contributed by atoms with Crippen LogP contribution in [0.4, 0.5) is 0 Å². The molecule has 0 bridgehead atoms. The number of nitrogens with one attached hydrogen (secondary N) is 2. The van der Waals surface area contributed by atoms with Gasteiger partial charge in [0.15, 0.2) is 5.82 Å². The van der Waals surface area contributed by atoms with Gasteiger partial charge in [-0.2, -0.15) is 0 Å². The van der Waals surface area contributed by atoms with Crippen molar-refractivity contribution in [3.8, 4) is 0 Å². The number of hydrogen-bond donors (Lipinski definition) is 2. The van der Waals surface area contributed by atoms with Crippen molar-refractivity contribution in [2.75, 3.05) is 13.1 Å². The van der Waals surface area contributed by atoms with E-state index in [4.69, 9.17) is 4.42 Å². The summed E-state index contributed by atoms with van der Waals surface area (Å²) in [5.41, 5.74) is 0. The molecule has 0 spiro atoms. The van der Waals surface area contributed by atoms with Crippen LogP contribution >= 0.6 is 0 Å². The van der Waals surface area contributed by atoms with Crippen LogP contribution in [0.5, 0.6) is 0 Å². The number of carbonyl (C=O) groups excluding carboxylic acids is 2. The number of hydrogen-bond acceptors (Lipinski definition) is 6. The van der Waals surface area contributed by atoms with Gasteiger partial charge in [0.1, 0.15) is 17.8 Å². The highest BCUT2D eigenvalue weighted by molar-refractivity contribution is 5.88. The molecule has 3 heterocycles. The zero-order valence-corrected chi connectivity index (χ0v) is 15.8. The second kappa shape index (κ2) is 8.81. The first kappa shape index (κ1) is 19.1. The van der Waals surface area contributed by atoms with Gasteiger partial charge < -0.3 is 19.6 Å². The van der Waals surface area contributed by atoms with Crippen molar-refractivity contribution in [2.45, 2.75) is 52.4 Å². The lowest BCUT2D eigenvalue weighted by Gasteiger charge is -2.34. The number of furan rings is 1. The molecule has 1 aliphatic heterocycles. The van der Waals surface area contributed by atoms with Crippen molar-refractivity contribution < 1.29 is 14.0 Å². The number of amides is 2. The van der Waals surface area contributed by atoms with Crippen molar-refractivity contribution in [3.63, 3.8) is 0 Å². The number of carbonyl (C=O) groups is 2. The standard InChI is InChI=1S/C18H26N6O3/c1-3-7-24-12-21-22-16(24)10-20-17(25)9-15-18(26)19-6-8-23(15)11-14-5-4-13(2)27-14/h4-5,12,15H,3,6-11H2,1-2H3,(H,19,26)(H,20,25). The predicted octanol–water partition coefficient (Wildman–Crippen LogP) is 0.596. The number of aromatic nitrogens is 3. The van der Waals surface area contributed by atoms with Gasteiger partial charge in [-0.05, 0) is 25.5 Å². The molecule has 9 heteroatoms. The molecule has 146 valence electrons. The molecule has 1 fully saturated rings. The van der Waals surface area contributed by atoms with E-state index in [0.29, 0.717) is 32.0 Å². The predicted molar refractivity (Wildman–Crippen MR) is 97.4 cm³/mol. The summed E-state index contributed by atoms with van der Waals surface area (Å²) in [6.45, 7) is 6.80. The van der Waals surface area contributed by atoms with E-state index in [1.54, 1.807) is 6.33 Å². The van der Waals surface area contributed by atoms with Crippen molar-refractivity contribution in [2.24, 2.45) is 0 Å². The molecule has 0 saturated carbocycles. The summed E-state index contributed by atoms with van der Waals surface area (Å²) in [5.74, 6) is 2.01. The summed E-state index contributed by atoms with van der Waals surface area (Å²) < 4.78 is 7.53. The monoisotopic (exact) mass is 374 g/mol. The van der Waals surface area contributed by atoms with Gasteiger partial charge >= 0.3 is 0 Å². The Bertz CT molecular complexity index is 784. The van der Waals surface area contributed by atoms with E-state index in [9.17, 15) is 9.59 Å². The average molecular weight is 374 g/mol. The first-order valence-electron chi connectivity index (χ1n) is 9.27. The summed E-state index contributed by atoms with van der Waals surface area (Å²) in [7, 11) is 0. The zero-order valence-electron chi connectivity index (χ0n) is 15.8. The van der Waals surface area contributed by atoms with Crippen molar-refractivity contribution >= 4 is 11.8 Å². The normalized spacial score (nSPS) is 17.7. The Morgan fingerprint density at radius 1 is 1.44 bits per heavy atom. The maximum Gasteiger partial charge on any atom is 0.237 e. The van der Waals surface area contributed by atoms with Crippen LogP contribution in [0, 0.1) is 6.92 Å². The minimum Gasteiger partial charge on any atom is -0.465 e. The van der Waals surface area contributed by atoms with Crippen molar-refractivity contribution in [3.05, 3.63) is 35.8 Å². The molecular formula is C18H26N6O3. The Hall–Kier alpha value is -2.68. The summed E-state index contributed by atoms with van der Waals surface area (Å²) in [4.78, 5) is 26.7. The van der Waals surface area contributed by atoms with Gasteiger partial charge in [-0.3, -0.25) is 14.5 Å². The molecule has 3 rings (SSSR count). The molecule has 2 N–H and O–H groups in total. The van der Waals surface area contributed by atoms with Crippen LogP contribution < -0.4 is 10.6 Å².